The van der Waals surface area contributed by atoms with Crippen LogP contribution < -0.4 is 0 Å². The number of hydrogen-bond donors (Lipinski definition) is 0. The number of nitrogens with zero attached hydrogens (tertiary/aromatic N) is 1. The number of carbonyl (C=O) groups is 2. The molecule has 1 amide bonds. The Balaban J connectivity index is 4.80. The van der Waals surface area contributed by atoms with Crippen molar-refractivity contribution in [1.82, 2.24) is 4.90 Å². The summed E-state index contributed by atoms with van der Waals surface area (Å²) in [4.78, 5) is 22.3. The third-order valence-electron chi connectivity index (χ3n) is 2.57. The Morgan fingerprint density at radius 2 is 1.61 bits per heavy atom. The molecule has 23 heavy (non-hydrogen) atoms. The van der Waals surface area contributed by atoms with Gasteiger partial charge in [-0.05, 0) is 6.42 Å². The molecule has 0 saturated carbocycles. The van der Waals surface area contributed by atoms with E-state index in [-0.39, 0.29) is 13.0 Å². The quantitative estimate of drug-likeness (QED) is 0.385. The normalized spacial score (nSPS) is 13.1. The number of ether oxygens (including phenoxy) is 1. The van der Waals surface area contributed by atoms with E-state index in [2.05, 4.69) is 17.9 Å². The lowest BCUT2D eigenvalue weighted by atomic mass is 10.2. The van der Waals surface area contributed by atoms with Crippen molar-refractivity contribution in [3.8, 4) is 0 Å². The highest BCUT2D eigenvalue weighted by Crippen LogP contribution is 2.21. The van der Waals surface area contributed by atoms with Gasteiger partial charge in [-0.15, -0.1) is 6.58 Å². The Bertz CT molecular complexity index is 444. The van der Waals surface area contributed by atoms with Crippen LogP contribution in [0.1, 0.15) is 12.8 Å². The van der Waals surface area contributed by atoms with Gasteiger partial charge in [-0.3, -0.25) is 4.79 Å². The summed E-state index contributed by atoms with van der Waals surface area (Å²) in [5, 5.41) is 0. The Hall–Kier alpha value is -2.00. The molecular weight excluding hydrogens is 332 g/mol. The molecule has 0 aliphatic heterocycles. The molecule has 0 aromatic carbocycles. The fourth-order valence-electron chi connectivity index (χ4n) is 1.45. The van der Waals surface area contributed by atoms with Crippen LogP contribution in [0.4, 0.5) is 26.3 Å². The number of carbonyl (C=O) groups excluding carboxylic acids is 2. The van der Waals surface area contributed by atoms with Gasteiger partial charge in [0.1, 0.15) is 6.10 Å². The van der Waals surface area contributed by atoms with Gasteiger partial charge in [-0.2, -0.15) is 26.3 Å². The van der Waals surface area contributed by atoms with E-state index in [0.29, 0.717) is 4.90 Å². The number of rotatable bonds is 8. The first-order chi connectivity index (χ1) is 10.4. The predicted molar refractivity (Wildman–Crippen MR) is 68.2 cm³/mol. The second-order valence-corrected chi connectivity index (χ2v) is 4.33. The monoisotopic (exact) mass is 347 g/mol. The number of esters is 1. The average molecular weight is 347 g/mol. The molecule has 4 nitrogen and oxygen atoms in total. The summed E-state index contributed by atoms with van der Waals surface area (Å²) < 4.78 is 77.5. The Kier molecular flexibility index (Phi) is 7.84. The largest absolute Gasteiger partial charge is 0.490 e. The summed E-state index contributed by atoms with van der Waals surface area (Å²) >= 11 is 0. The van der Waals surface area contributed by atoms with Gasteiger partial charge >= 0.3 is 24.2 Å². The SMILES string of the molecule is C=CCCN(CCC(C=C)OC(=O)C(F)(F)F)C(=O)C(F)(F)F. The van der Waals surface area contributed by atoms with Gasteiger partial charge in [0.05, 0.1) is 0 Å². The van der Waals surface area contributed by atoms with Crippen molar-refractivity contribution in [2.24, 2.45) is 0 Å². The third kappa shape index (κ3) is 7.71. The van der Waals surface area contributed by atoms with Gasteiger partial charge in [-0.1, -0.05) is 18.7 Å². The van der Waals surface area contributed by atoms with Crippen molar-refractivity contribution in [3.63, 3.8) is 0 Å². The lowest BCUT2D eigenvalue weighted by molar-refractivity contribution is -0.203. The number of alkyl halides is 6. The molecular formula is C13H15F6NO3. The van der Waals surface area contributed by atoms with Crippen LogP contribution in [-0.4, -0.2) is 48.3 Å². The predicted octanol–water partition coefficient (Wildman–Crippen LogP) is 3.00. The zero-order chi connectivity index (χ0) is 18.3. The molecule has 0 heterocycles. The highest BCUT2D eigenvalue weighted by Gasteiger charge is 2.43. The summed E-state index contributed by atoms with van der Waals surface area (Å²) in [5.74, 6) is -4.62. The van der Waals surface area contributed by atoms with Gasteiger partial charge in [0.25, 0.3) is 0 Å². The minimum atomic E-state index is -5.23. The van der Waals surface area contributed by atoms with E-state index in [1.807, 2.05) is 0 Å². The van der Waals surface area contributed by atoms with E-state index in [4.69, 9.17) is 0 Å². The summed E-state index contributed by atoms with van der Waals surface area (Å²) in [6, 6.07) is 0. The first-order valence-corrected chi connectivity index (χ1v) is 6.30. The molecule has 0 aliphatic carbocycles. The van der Waals surface area contributed by atoms with Crippen LogP contribution in [0.15, 0.2) is 25.3 Å². The fraction of sp³-hybridized carbons (Fsp3) is 0.538. The maximum absolute atomic E-state index is 12.4. The molecule has 1 unspecified atom stereocenters. The summed E-state index contributed by atoms with van der Waals surface area (Å²) in [5.41, 5.74) is 0. The topological polar surface area (TPSA) is 46.6 Å². The van der Waals surface area contributed by atoms with E-state index in [9.17, 15) is 35.9 Å². The molecule has 0 saturated heterocycles. The zero-order valence-electron chi connectivity index (χ0n) is 11.9. The molecule has 0 bridgehead atoms. The smallest absolute Gasteiger partial charge is 0.451 e. The highest BCUT2D eigenvalue weighted by atomic mass is 19.4. The standard InChI is InChI=1S/C13H15F6NO3/c1-3-5-7-20(10(21)12(14,15)16)8-6-9(4-2)23-11(22)13(17,18)19/h3-4,9H,1-2,5-8H2. The molecule has 0 spiro atoms. The minimum absolute atomic E-state index is 0.0584. The first-order valence-electron chi connectivity index (χ1n) is 6.30. The molecule has 0 fully saturated rings. The van der Waals surface area contributed by atoms with E-state index >= 15 is 0 Å². The number of hydrogen-bond acceptors (Lipinski definition) is 3. The molecule has 0 aromatic heterocycles. The van der Waals surface area contributed by atoms with Gasteiger partial charge < -0.3 is 9.64 Å². The van der Waals surface area contributed by atoms with Gasteiger partial charge in [0.15, 0.2) is 0 Å². The van der Waals surface area contributed by atoms with Crippen molar-refractivity contribution in [2.45, 2.75) is 31.3 Å². The molecule has 132 valence electrons. The molecule has 0 rings (SSSR count). The van der Waals surface area contributed by atoms with Crippen molar-refractivity contribution < 1.29 is 40.7 Å². The lowest BCUT2D eigenvalue weighted by Gasteiger charge is -2.25. The number of halogens is 6. The Morgan fingerprint density at radius 1 is 1.04 bits per heavy atom. The van der Waals surface area contributed by atoms with Crippen LogP contribution in [0.3, 0.4) is 0 Å². The molecule has 1 atom stereocenters. The maximum atomic E-state index is 12.4. The van der Waals surface area contributed by atoms with E-state index in [0.717, 1.165) is 6.08 Å². The highest BCUT2D eigenvalue weighted by molar-refractivity contribution is 5.81. The maximum Gasteiger partial charge on any atom is 0.490 e. The van der Waals surface area contributed by atoms with E-state index in [1.54, 1.807) is 0 Å². The van der Waals surface area contributed by atoms with Crippen LogP contribution in [0, 0.1) is 0 Å². The average Bonchev–Trinajstić information content (AvgIpc) is 2.43. The molecule has 0 aliphatic rings. The molecule has 0 N–H and O–H groups in total. The second kappa shape index (κ2) is 8.59. The van der Waals surface area contributed by atoms with Crippen molar-refractivity contribution in [1.29, 1.82) is 0 Å². The van der Waals surface area contributed by atoms with E-state index in [1.165, 1.54) is 6.08 Å². The van der Waals surface area contributed by atoms with Gasteiger partial charge in [-0.25, -0.2) is 4.79 Å². The van der Waals surface area contributed by atoms with Crippen molar-refractivity contribution in [3.05, 3.63) is 25.3 Å². The zero-order valence-corrected chi connectivity index (χ0v) is 11.9. The minimum Gasteiger partial charge on any atom is -0.451 e. The van der Waals surface area contributed by atoms with Gasteiger partial charge in [0, 0.05) is 19.5 Å². The van der Waals surface area contributed by atoms with Gasteiger partial charge in [0.2, 0.25) is 0 Å². The molecule has 0 aromatic rings. The summed E-state index contributed by atoms with van der Waals surface area (Å²) in [6.07, 6.45) is -10.1. The fourth-order valence-corrected chi connectivity index (χ4v) is 1.45. The lowest BCUT2D eigenvalue weighted by Crippen LogP contribution is -2.43. The van der Waals surface area contributed by atoms with E-state index < -0.39 is 43.3 Å². The van der Waals surface area contributed by atoms with Crippen LogP contribution in [0.25, 0.3) is 0 Å². The van der Waals surface area contributed by atoms with Crippen LogP contribution in [0.5, 0.6) is 0 Å². The molecule has 10 heteroatoms. The first kappa shape index (κ1) is 21.0. The van der Waals surface area contributed by atoms with Crippen LogP contribution >= 0.6 is 0 Å². The van der Waals surface area contributed by atoms with Crippen molar-refractivity contribution in [2.75, 3.05) is 13.1 Å². The summed E-state index contributed by atoms with van der Waals surface area (Å²) in [6.45, 7) is 5.56. The van der Waals surface area contributed by atoms with Crippen molar-refractivity contribution >= 4 is 11.9 Å². The second-order valence-electron chi connectivity index (χ2n) is 4.33. The van der Waals surface area contributed by atoms with Crippen LogP contribution in [0.2, 0.25) is 0 Å². The third-order valence-corrected chi connectivity index (χ3v) is 2.57. The Morgan fingerprint density at radius 3 is 2.00 bits per heavy atom. The summed E-state index contributed by atoms with van der Waals surface area (Å²) in [7, 11) is 0. The number of amides is 1. The van der Waals surface area contributed by atoms with Crippen LogP contribution in [-0.2, 0) is 14.3 Å². The molecule has 0 radical (unpaired) electrons. The Labute approximate surface area is 128 Å².